The minimum absolute atomic E-state index is 0.599. The molecule has 0 bridgehead atoms. The van der Waals surface area contributed by atoms with E-state index in [4.69, 9.17) is 19.9 Å². The first kappa shape index (κ1) is 64.4. The molecule has 0 saturated carbocycles. The minimum Gasteiger partial charge on any atom is -0.309 e. The molecule has 0 saturated heterocycles. The molecule has 0 atom stereocenters. The predicted octanol–water partition coefficient (Wildman–Crippen LogP) is 26.2. The van der Waals surface area contributed by atoms with E-state index in [1.54, 1.807) is 0 Å². The standard InChI is InChI=1S/C109H64N10/c1-3-26-89-69(4-2)98-105-86(61-85-74-53-48-62-27-11-13-33-70(62)102(74)118(106(85)98)109-111-88-42-21-16-37-76(88)101(113-109)79-40-25-46-96-97(79)77-38-18-23-44-91(77)115(96)68-31-9-6-10-32-68)82-58-65(50-55-95(82)116(89)105)64-49-54-93-80(57-64)81-59-66(51-56-94(81)114(93)67-29-7-5-8-30-67)100-75-36-15-20-41-87(75)110-108(112-100)119-103-71-34-14-12-28-63(71)47-52-73(103)84-60-83-72-35-17-22-43-90(72)117-92-45-24-19-39-78(92)99(104(83)117)107(84)119/h3-61H,1H2,2H3/b69-4+,89-26+. The van der Waals surface area contributed by atoms with Crippen molar-refractivity contribution >= 4 is 208 Å². The summed E-state index contributed by atoms with van der Waals surface area (Å²) in [5, 5.41) is 26.1. The second-order valence-electron chi connectivity index (χ2n) is 31.9. The van der Waals surface area contributed by atoms with Crippen molar-refractivity contribution in [3.05, 3.63) is 363 Å². The van der Waals surface area contributed by atoms with Crippen LogP contribution < -0.4 is 10.6 Å². The fourth-order valence-corrected chi connectivity index (χ4v) is 21.1. The second kappa shape index (κ2) is 23.8. The van der Waals surface area contributed by atoms with E-state index in [-0.39, 0.29) is 0 Å². The van der Waals surface area contributed by atoms with E-state index in [0.717, 1.165) is 208 Å². The predicted molar refractivity (Wildman–Crippen MR) is 497 cm³/mol. The summed E-state index contributed by atoms with van der Waals surface area (Å²) < 4.78 is 14.6. The first-order chi connectivity index (χ1) is 59.0. The molecule has 0 radical (unpaired) electrons. The van der Waals surface area contributed by atoms with Gasteiger partial charge in [0, 0.05) is 130 Å². The summed E-state index contributed by atoms with van der Waals surface area (Å²) in [5.41, 5.74) is 24.4. The van der Waals surface area contributed by atoms with E-state index in [9.17, 15) is 0 Å². The van der Waals surface area contributed by atoms with Gasteiger partial charge in [-0.2, -0.15) is 0 Å². The smallest absolute Gasteiger partial charge is 0.235 e. The maximum atomic E-state index is 5.96. The third kappa shape index (κ3) is 8.56. The molecule has 27 aromatic rings. The van der Waals surface area contributed by atoms with Crippen LogP contribution in [0.15, 0.2) is 352 Å². The highest BCUT2D eigenvalue weighted by molar-refractivity contribution is 6.36. The van der Waals surface area contributed by atoms with Gasteiger partial charge < -0.3 is 17.9 Å². The Morgan fingerprint density at radius 2 is 0.689 bits per heavy atom. The van der Waals surface area contributed by atoms with E-state index in [0.29, 0.717) is 11.9 Å². The van der Waals surface area contributed by atoms with Gasteiger partial charge in [-0.3, -0.25) is 9.13 Å². The number of allylic oxidation sites excluding steroid dienone is 1. The van der Waals surface area contributed by atoms with Gasteiger partial charge in [0.2, 0.25) is 11.9 Å². The molecule has 0 N–H and O–H groups in total. The van der Waals surface area contributed by atoms with Gasteiger partial charge in [0.25, 0.3) is 0 Å². The molecular weight excluding hydrogens is 1450 g/mol. The van der Waals surface area contributed by atoms with E-state index in [2.05, 4.69) is 392 Å². The molecule has 17 aromatic carbocycles. The minimum atomic E-state index is 0.599. The Labute approximate surface area is 677 Å². The van der Waals surface area contributed by atoms with Gasteiger partial charge in [0.1, 0.15) is 0 Å². The van der Waals surface area contributed by atoms with Crippen LogP contribution in [0.2, 0.25) is 0 Å². The lowest BCUT2D eigenvalue weighted by atomic mass is 9.98. The highest BCUT2D eigenvalue weighted by Gasteiger charge is 2.31. The molecular formula is C109H64N10. The van der Waals surface area contributed by atoms with Crippen molar-refractivity contribution in [3.8, 4) is 56.9 Å². The normalized spacial score (nSPS) is 12.9. The average molecular weight is 1510 g/mol. The summed E-state index contributed by atoms with van der Waals surface area (Å²) in [6.07, 6.45) is 6.40. The zero-order valence-corrected chi connectivity index (χ0v) is 64.2. The quantitative estimate of drug-likeness (QED) is 0.152. The maximum Gasteiger partial charge on any atom is 0.235 e. The number of hydrogen-bond acceptors (Lipinski definition) is 4. The molecule has 0 aliphatic carbocycles. The molecule has 0 spiro atoms. The first-order valence-corrected chi connectivity index (χ1v) is 40.8. The van der Waals surface area contributed by atoms with Crippen molar-refractivity contribution in [3.63, 3.8) is 0 Å². The van der Waals surface area contributed by atoms with Crippen molar-refractivity contribution < 1.29 is 0 Å². The summed E-state index contributed by atoms with van der Waals surface area (Å²) in [7, 11) is 0. The van der Waals surface area contributed by atoms with E-state index in [1.807, 2.05) is 6.08 Å². The van der Waals surface area contributed by atoms with Crippen LogP contribution in [0.1, 0.15) is 6.92 Å². The highest BCUT2D eigenvalue weighted by Crippen LogP contribution is 2.51. The van der Waals surface area contributed by atoms with E-state index >= 15 is 0 Å². The van der Waals surface area contributed by atoms with Crippen LogP contribution in [0.25, 0.3) is 265 Å². The van der Waals surface area contributed by atoms with Crippen molar-refractivity contribution in [2.24, 2.45) is 0 Å². The molecule has 0 aliphatic heterocycles. The Balaban J connectivity index is 0.680. The summed E-state index contributed by atoms with van der Waals surface area (Å²) in [5.74, 6) is 1.22. The first-order valence-electron chi connectivity index (χ1n) is 40.8. The van der Waals surface area contributed by atoms with Crippen LogP contribution in [-0.2, 0) is 0 Å². The van der Waals surface area contributed by atoms with Crippen molar-refractivity contribution in [1.82, 2.24) is 47.0 Å². The summed E-state index contributed by atoms with van der Waals surface area (Å²) >= 11 is 0. The third-order valence-electron chi connectivity index (χ3n) is 25.9. The van der Waals surface area contributed by atoms with Gasteiger partial charge in [-0.25, -0.2) is 19.9 Å². The summed E-state index contributed by atoms with van der Waals surface area (Å²) in [6.45, 7) is 6.55. The lowest BCUT2D eigenvalue weighted by Gasteiger charge is -2.14. The monoisotopic (exact) mass is 1510 g/mol. The second-order valence-corrected chi connectivity index (χ2v) is 31.9. The largest absolute Gasteiger partial charge is 0.309 e. The molecule has 0 fully saturated rings. The number of para-hydroxylation sites is 7. The molecule has 0 unspecified atom stereocenters. The molecule has 10 aromatic heterocycles. The summed E-state index contributed by atoms with van der Waals surface area (Å²) in [4.78, 5) is 23.3. The Hall–Kier alpha value is -16.0. The van der Waals surface area contributed by atoms with Crippen LogP contribution in [-0.4, -0.2) is 47.0 Å². The zero-order chi connectivity index (χ0) is 77.7. The van der Waals surface area contributed by atoms with Gasteiger partial charge in [0.15, 0.2) is 0 Å². The molecule has 27 rings (SSSR count). The summed E-state index contributed by atoms with van der Waals surface area (Å²) in [6, 6.07) is 124. The van der Waals surface area contributed by atoms with Crippen LogP contribution in [0, 0.1) is 0 Å². The Morgan fingerprint density at radius 1 is 0.261 bits per heavy atom. The fraction of sp³-hybridized carbons (Fsp3) is 0.00917. The molecule has 0 amide bonds. The molecule has 550 valence electrons. The number of benzene rings is 17. The number of hydrogen-bond donors (Lipinski definition) is 0. The van der Waals surface area contributed by atoms with Gasteiger partial charge in [-0.15, -0.1) is 0 Å². The topological polar surface area (TPSA) is 80.1 Å². The number of rotatable bonds is 8. The molecule has 10 nitrogen and oxygen atoms in total. The molecule has 10 heterocycles. The fourth-order valence-electron chi connectivity index (χ4n) is 21.1. The van der Waals surface area contributed by atoms with Gasteiger partial charge in [-0.05, 0) is 144 Å². The van der Waals surface area contributed by atoms with Crippen LogP contribution in [0.3, 0.4) is 0 Å². The number of fused-ring (bicyclic) bond motifs is 29. The third-order valence-corrected chi connectivity index (χ3v) is 25.9. The van der Waals surface area contributed by atoms with Crippen molar-refractivity contribution in [2.45, 2.75) is 6.92 Å². The highest BCUT2D eigenvalue weighted by atomic mass is 15.2. The van der Waals surface area contributed by atoms with Crippen LogP contribution >= 0.6 is 0 Å². The molecule has 10 heteroatoms. The zero-order valence-electron chi connectivity index (χ0n) is 64.2. The lowest BCUT2D eigenvalue weighted by Crippen LogP contribution is -2.25. The number of nitrogens with zero attached hydrogens (tertiary/aromatic N) is 10. The molecule has 119 heavy (non-hydrogen) atoms. The Bertz CT molecular complexity index is 9350. The van der Waals surface area contributed by atoms with Gasteiger partial charge in [-0.1, -0.05) is 249 Å². The molecule has 0 aliphatic rings. The number of aromatic nitrogens is 10. The Morgan fingerprint density at radius 3 is 1.30 bits per heavy atom. The van der Waals surface area contributed by atoms with Gasteiger partial charge in [0.05, 0.1) is 99.5 Å². The average Bonchev–Trinajstić information content (AvgIpc) is 1.51. The van der Waals surface area contributed by atoms with Crippen LogP contribution in [0.4, 0.5) is 0 Å². The van der Waals surface area contributed by atoms with Crippen molar-refractivity contribution in [2.75, 3.05) is 0 Å². The maximum absolute atomic E-state index is 5.96. The van der Waals surface area contributed by atoms with E-state index in [1.165, 1.54) is 43.5 Å². The van der Waals surface area contributed by atoms with Crippen LogP contribution in [0.5, 0.6) is 0 Å². The van der Waals surface area contributed by atoms with E-state index < -0.39 is 0 Å². The van der Waals surface area contributed by atoms with Gasteiger partial charge >= 0.3 is 0 Å². The van der Waals surface area contributed by atoms with Crippen molar-refractivity contribution in [1.29, 1.82) is 0 Å². The SMILES string of the molecule is C=C/C=c1\c(=C/C)c2c3c(cc4c5cc(-c6ccc7c(c6)c6cc(-c8nc(-n9c%10c%11ccccc%11ccc%10c%10cc%11c%12ccccc%12n%12c%13ccccc%13c(c%109)c%11%12)nc9ccccc89)ccc6n7-c6ccccc6)ccc5n1c42)c1ccc2ccccc2c1n3-c1nc(-c2cccc3c2c2ccccc2n3-c2ccccc2)c2ccccc2n1. The lowest BCUT2D eigenvalue weighted by molar-refractivity contribution is 1.02. The Kier molecular flexibility index (Phi) is 12.9.